The molecule has 0 aliphatic rings. The van der Waals surface area contributed by atoms with E-state index in [0.29, 0.717) is 12.2 Å². The van der Waals surface area contributed by atoms with Crippen LogP contribution in [0, 0.1) is 5.82 Å². The Bertz CT molecular complexity index is 409. The summed E-state index contributed by atoms with van der Waals surface area (Å²) in [4.78, 5) is 3.96. The first-order chi connectivity index (χ1) is 7.25. The normalized spacial score (nSPS) is 12.7. The van der Waals surface area contributed by atoms with Crippen LogP contribution in [-0.2, 0) is 6.42 Å². The van der Waals surface area contributed by atoms with Gasteiger partial charge in [0.2, 0.25) is 0 Å². The van der Waals surface area contributed by atoms with Crippen molar-refractivity contribution < 1.29 is 4.39 Å². The van der Waals surface area contributed by atoms with E-state index in [1.807, 2.05) is 0 Å². The summed E-state index contributed by atoms with van der Waals surface area (Å²) in [6.45, 7) is 0. The predicted molar refractivity (Wildman–Crippen MR) is 53.4 cm³/mol. The maximum atomic E-state index is 12.6. The number of rotatable bonds is 3. The van der Waals surface area contributed by atoms with Gasteiger partial charge in [-0.05, 0) is 24.1 Å². The number of halogens is 1. The molecule has 5 heteroatoms. The van der Waals surface area contributed by atoms with Crippen LogP contribution in [0.15, 0.2) is 30.6 Å². The van der Waals surface area contributed by atoms with Gasteiger partial charge in [-0.1, -0.05) is 12.1 Å². The van der Waals surface area contributed by atoms with Crippen LogP contribution in [-0.4, -0.2) is 15.2 Å². The van der Waals surface area contributed by atoms with Crippen molar-refractivity contribution in [2.75, 3.05) is 0 Å². The number of nitrogens with one attached hydrogen (secondary N) is 1. The van der Waals surface area contributed by atoms with E-state index in [1.165, 1.54) is 18.5 Å². The standard InChI is InChI=1S/C10H11FN4/c11-8-3-1-7(2-4-8)5-9(12)10-13-6-14-15-10/h1-4,6,9H,5,12H2,(H,13,14,15). The lowest BCUT2D eigenvalue weighted by Gasteiger charge is -2.07. The van der Waals surface area contributed by atoms with Crippen LogP contribution in [0.2, 0.25) is 0 Å². The first kappa shape index (κ1) is 9.79. The van der Waals surface area contributed by atoms with E-state index >= 15 is 0 Å². The first-order valence-corrected chi connectivity index (χ1v) is 4.61. The van der Waals surface area contributed by atoms with Gasteiger partial charge >= 0.3 is 0 Å². The molecule has 78 valence electrons. The van der Waals surface area contributed by atoms with Crippen LogP contribution < -0.4 is 5.73 Å². The molecule has 1 heterocycles. The summed E-state index contributed by atoms with van der Waals surface area (Å²) in [6.07, 6.45) is 2.02. The van der Waals surface area contributed by atoms with Crippen molar-refractivity contribution in [3.63, 3.8) is 0 Å². The SMILES string of the molecule is NC(Cc1ccc(F)cc1)c1ncn[nH]1. The van der Waals surface area contributed by atoms with E-state index in [-0.39, 0.29) is 11.9 Å². The number of aromatic nitrogens is 3. The number of hydrogen-bond donors (Lipinski definition) is 2. The monoisotopic (exact) mass is 206 g/mol. The number of aromatic amines is 1. The Morgan fingerprint density at radius 3 is 2.67 bits per heavy atom. The molecule has 0 spiro atoms. The molecule has 0 bridgehead atoms. The molecule has 0 saturated heterocycles. The van der Waals surface area contributed by atoms with Crippen LogP contribution >= 0.6 is 0 Å². The van der Waals surface area contributed by atoms with Crippen LogP contribution in [0.1, 0.15) is 17.4 Å². The highest BCUT2D eigenvalue weighted by Crippen LogP contribution is 2.12. The zero-order chi connectivity index (χ0) is 10.7. The molecule has 3 N–H and O–H groups in total. The van der Waals surface area contributed by atoms with Crippen molar-refractivity contribution in [3.8, 4) is 0 Å². The molecule has 0 aliphatic carbocycles. The summed E-state index contributed by atoms with van der Waals surface area (Å²) in [5.74, 6) is 0.395. The summed E-state index contributed by atoms with van der Waals surface area (Å²) >= 11 is 0. The van der Waals surface area contributed by atoms with Gasteiger partial charge in [0, 0.05) is 0 Å². The number of nitrogens with zero attached hydrogens (tertiary/aromatic N) is 2. The Balaban J connectivity index is 2.06. The van der Waals surface area contributed by atoms with Crippen molar-refractivity contribution in [1.29, 1.82) is 0 Å². The molecule has 1 aromatic heterocycles. The van der Waals surface area contributed by atoms with Gasteiger partial charge in [-0.2, -0.15) is 5.10 Å². The Morgan fingerprint density at radius 1 is 1.33 bits per heavy atom. The topological polar surface area (TPSA) is 67.6 Å². The van der Waals surface area contributed by atoms with Crippen LogP contribution in [0.4, 0.5) is 4.39 Å². The second-order valence-corrected chi connectivity index (χ2v) is 3.31. The highest BCUT2D eigenvalue weighted by molar-refractivity contribution is 5.18. The Kier molecular flexibility index (Phi) is 2.73. The highest BCUT2D eigenvalue weighted by Gasteiger charge is 2.09. The lowest BCUT2D eigenvalue weighted by molar-refractivity contribution is 0.624. The molecule has 1 unspecified atom stereocenters. The summed E-state index contributed by atoms with van der Waals surface area (Å²) in [5.41, 5.74) is 6.85. The zero-order valence-corrected chi connectivity index (χ0v) is 8.02. The van der Waals surface area contributed by atoms with Gasteiger partial charge in [0.15, 0.2) is 0 Å². The van der Waals surface area contributed by atoms with Crippen molar-refractivity contribution in [2.45, 2.75) is 12.5 Å². The average molecular weight is 206 g/mol. The van der Waals surface area contributed by atoms with E-state index in [4.69, 9.17) is 5.73 Å². The van der Waals surface area contributed by atoms with E-state index in [9.17, 15) is 4.39 Å². The number of benzene rings is 1. The number of nitrogens with two attached hydrogens (primary N) is 1. The Labute approximate surface area is 86.3 Å². The fourth-order valence-electron chi connectivity index (χ4n) is 1.36. The van der Waals surface area contributed by atoms with Gasteiger partial charge in [-0.15, -0.1) is 0 Å². The van der Waals surface area contributed by atoms with E-state index < -0.39 is 0 Å². The maximum absolute atomic E-state index is 12.6. The smallest absolute Gasteiger partial charge is 0.141 e. The third-order valence-corrected chi connectivity index (χ3v) is 2.15. The van der Waals surface area contributed by atoms with Gasteiger partial charge in [0.1, 0.15) is 18.0 Å². The molecule has 2 rings (SSSR count). The lowest BCUT2D eigenvalue weighted by atomic mass is 10.1. The highest BCUT2D eigenvalue weighted by atomic mass is 19.1. The minimum Gasteiger partial charge on any atom is -0.321 e. The molecule has 0 saturated carbocycles. The number of H-pyrrole nitrogens is 1. The fourth-order valence-corrected chi connectivity index (χ4v) is 1.36. The van der Waals surface area contributed by atoms with Gasteiger partial charge in [0.05, 0.1) is 6.04 Å². The molecule has 1 aromatic carbocycles. The van der Waals surface area contributed by atoms with Crippen molar-refractivity contribution >= 4 is 0 Å². The third kappa shape index (κ3) is 2.38. The third-order valence-electron chi connectivity index (χ3n) is 2.15. The van der Waals surface area contributed by atoms with Gasteiger partial charge < -0.3 is 5.73 Å². The molecule has 0 fully saturated rings. The van der Waals surface area contributed by atoms with Crippen molar-refractivity contribution in [1.82, 2.24) is 15.2 Å². The lowest BCUT2D eigenvalue weighted by Crippen LogP contribution is -2.15. The molecular formula is C10H11FN4. The maximum Gasteiger partial charge on any atom is 0.141 e. The second-order valence-electron chi connectivity index (χ2n) is 3.31. The van der Waals surface area contributed by atoms with Gasteiger partial charge in [-0.3, -0.25) is 5.10 Å². The summed E-state index contributed by atoms with van der Waals surface area (Å²) < 4.78 is 12.6. The minimum absolute atomic E-state index is 0.238. The number of hydrogen-bond acceptors (Lipinski definition) is 3. The quantitative estimate of drug-likeness (QED) is 0.792. The molecule has 0 aliphatic heterocycles. The summed E-state index contributed by atoms with van der Waals surface area (Å²) in [7, 11) is 0. The Hall–Kier alpha value is -1.75. The Morgan fingerprint density at radius 2 is 2.07 bits per heavy atom. The molecule has 4 nitrogen and oxygen atoms in total. The molecule has 0 amide bonds. The van der Waals surface area contributed by atoms with E-state index in [1.54, 1.807) is 12.1 Å². The van der Waals surface area contributed by atoms with Crippen LogP contribution in [0.5, 0.6) is 0 Å². The summed E-state index contributed by atoms with van der Waals surface area (Å²) in [6, 6.07) is 6.03. The second kappa shape index (κ2) is 4.18. The van der Waals surface area contributed by atoms with Crippen molar-refractivity contribution in [2.24, 2.45) is 5.73 Å². The molecule has 1 atom stereocenters. The molecule has 15 heavy (non-hydrogen) atoms. The average Bonchev–Trinajstić information content (AvgIpc) is 2.74. The fraction of sp³-hybridized carbons (Fsp3) is 0.200. The van der Waals surface area contributed by atoms with E-state index in [0.717, 1.165) is 5.56 Å². The zero-order valence-electron chi connectivity index (χ0n) is 8.02. The van der Waals surface area contributed by atoms with Gasteiger partial charge in [-0.25, -0.2) is 9.37 Å². The first-order valence-electron chi connectivity index (χ1n) is 4.61. The van der Waals surface area contributed by atoms with E-state index in [2.05, 4.69) is 15.2 Å². The van der Waals surface area contributed by atoms with Crippen LogP contribution in [0.25, 0.3) is 0 Å². The van der Waals surface area contributed by atoms with Gasteiger partial charge in [0.25, 0.3) is 0 Å². The molecule has 2 aromatic rings. The van der Waals surface area contributed by atoms with Crippen molar-refractivity contribution in [3.05, 3.63) is 47.8 Å². The molecular weight excluding hydrogens is 195 g/mol. The van der Waals surface area contributed by atoms with Crippen LogP contribution in [0.3, 0.4) is 0 Å². The summed E-state index contributed by atoms with van der Waals surface area (Å²) in [5, 5.41) is 6.43. The minimum atomic E-state index is -0.244. The molecule has 0 radical (unpaired) electrons. The predicted octanol–water partition coefficient (Wildman–Crippen LogP) is 1.19. The largest absolute Gasteiger partial charge is 0.321 e.